The summed E-state index contributed by atoms with van der Waals surface area (Å²) in [5, 5.41) is 11.8. The van der Waals surface area contributed by atoms with E-state index in [1.807, 2.05) is 13.0 Å². The number of nitrogens with one attached hydrogen (secondary N) is 1. The van der Waals surface area contributed by atoms with Crippen molar-refractivity contribution in [2.75, 3.05) is 19.7 Å². The van der Waals surface area contributed by atoms with Crippen LogP contribution in [0.2, 0.25) is 0 Å². The van der Waals surface area contributed by atoms with E-state index in [4.69, 9.17) is 9.84 Å². The van der Waals surface area contributed by atoms with Crippen LogP contribution in [-0.2, 0) is 4.74 Å². The van der Waals surface area contributed by atoms with Crippen LogP contribution in [0.5, 0.6) is 0 Å². The zero-order valence-corrected chi connectivity index (χ0v) is 14.7. The number of morpholine rings is 1. The fourth-order valence-electron chi connectivity index (χ4n) is 2.38. The molecule has 0 spiro atoms. The first-order valence-corrected chi connectivity index (χ1v) is 8.42. The van der Waals surface area contributed by atoms with Gasteiger partial charge in [-0.05, 0) is 31.5 Å². The van der Waals surface area contributed by atoms with Gasteiger partial charge in [0.1, 0.15) is 0 Å². The molecule has 1 atom stereocenters. The summed E-state index contributed by atoms with van der Waals surface area (Å²) in [5.41, 5.74) is 3.84. The molecule has 1 heterocycles. The van der Waals surface area contributed by atoms with E-state index in [0.29, 0.717) is 5.56 Å². The summed E-state index contributed by atoms with van der Waals surface area (Å²) in [6, 6.07) is 15.3. The van der Waals surface area contributed by atoms with Crippen LogP contribution in [0, 0.1) is 13.8 Å². The molecule has 132 valence electrons. The first-order chi connectivity index (χ1) is 12.0. The van der Waals surface area contributed by atoms with Gasteiger partial charge < -0.3 is 15.2 Å². The van der Waals surface area contributed by atoms with E-state index in [-0.39, 0.29) is 6.10 Å². The van der Waals surface area contributed by atoms with E-state index in [9.17, 15) is 4.79 Å². The Balaban J connectivity index is 0.000000196. The van der Waals surface area contributed by atoms with Crippen molar-refractivity contribution in [2.45, 2.75) is 20.0 Å². The van der Waals surface area contributed by atoms with Crippen LogP contribution in [0.25, 0.3) is 6.08 Å². The Morgan fingerprint density at radius 1 is 1.16 bits per heavy atom. The smallest absolute Gasteiger partial charge is 0.335 e. The van der Waals surface area contributed by atoms with Gasteiger partial charge in [-0.2, -0.15) is 0 Å². The Morgan fingerprint density at radius 2 is 1.92 bits per heavy atom. The molecule has 2 aromatic carbocycles. The largest absolute Gasteiger partial charge is 0.478 e. The Labute approximate surface area is 149 Å². The van der Waals surface area contributed by atoms with E-state index in [1.165, 1.54) is 11.1 Å². The molecule has 1 aliphatic rings. The highest BCUT2D eigenvalue weighted by Gasteiger charge is 2.08. The highest BCUT2D eigenvalue weighted by atomic mass is 16.5. The van der Waals surface area contributed by atoms with Crippen molar-refractivity contribution >= 4 is 12.0 Å². The molecule has 4 heteroatoms. The van der Waals surface area contributed by atoms with E-state index in [1.54, 1.807) is 18.2 Å². The predicted octanol–water partition coefficient (Wildman–Crippen LogP) is 3.69. The molecule has 0 amide bonds. The molecule has 4 nitrogen and oxygen atoms in total. The number of carboxylic acid groups (broad SMARTS) is 1. The van der Waals surface area contributed by atoms with Gasteiger partial charge in [0.15, 0.2) is 0 Å². The lowest BCUT2D eigenvalue weighted by Gasteiger charge is -2.20. The normalized spacial score (nSPS) is 17.0. The molecule has 2 N–H and O–H groups in total. The first kappa shape index (κ1) is 18.9. The molecular formula is C21H25NO3. The zero-order valence-electron chi connectivity index (χ0n) is 14.7. The fourth-order valence-corrected chi connectivity index (χ4v) is 2.38. The standard InChI is InChI=1S/C13H17NO.C8H8O2/c1-11-2-4-12(5-3-11)6-7-13-10-14-8-9-15-13;1-6-3-2-4-7(5-6)8(9)10/h2-7,13-14H,8-10H2,1H3;2-5H,1H3,(H,9,10). The van der Waals surface area contributed by atoms with Crippen molar-refractivity contribution < 1.29 is 14.6 Å². The van der Waals surface area contributed by atoms with Gasteiger partial charge in [0.05, 0.1) is 18.3 Å². The quantitative estimate of drug-likeness (QED) is 0.895. The number of ether oxygens (including phenoxy) is 1. The van der Waals surface area contributed by atoms with Gasteiger partial charge in [-0.15, -0.1) is 0 Å². The Bertz CT molecular complexity index is 701. The van der Waals surface area contributed by atoms with Gasteiger partial charge in [-0.1, -0.05) is 59.7 Å². The van der Waals surface area contributed by atoms with Crippen LogP contribution in [0.3, 0.4) is 0 Å². The minimum Gasteiger partial charge on any atom is -0.478 e. The number of aryl methyl sites for hydroxylation is 2. The second-order valence-corrected chi connectivity index (χ2v) is 6.06. The summed E-state index contributed by atoms with van der Waals surface area (Å²) in [6.45, 7) is 6.66. The van der Waals surface area contributed by atoms with Crippen LogP contribution in [0.15, 0.2) is 54.6 Å². The molecule has 3 rings (SSSR count). The third-order valence-electron chi connectivity index (χ3n) is 3.80. The molecule has 0 aromatic heterocycles. The minimum atomic E-state index is -0.872. The lowest BCUT2D eigenvalue weighted by Crippen LogP contribution is -2.37. The fraction of sp³-hybridized carbons (Fsp3) is 0.286. The Morgan fingerprint density at radius 3 is 2.48 bits per heavy atom. The van der Waals surface area contributed by atoms with Gasteiger partial charge in [-0.25, -0.2) is 4.79 Å². The Kier molecular flexibility index (Phi) is 7.38. The lowest BCUT2D eigenvalue weighted by atomic mass is 10.1. The second-order valence-electron chi connectivity index (χ2n) is 6.06. The van der Waals surface area contributed by atoms with E-state index < -0.39 is 5.97 Å². The third-order valence-corrected chi connectivity index (χ3v) is 3.80. The molecule has 1 unspecified atom stereocenters. The summed E-state index contributed by atoms with van der Waals surface area (Å²) in [6.07, 6.45) is 4.47. The van der Waals surface area contributed by atoms with E-state index in [2.05, 4.69) is 48.7 Å². The number of hydrogen-bond acceptors (Lipinski definition) is 3. The predicted molar refractivity (Wildman–Crippen MR) is 101 cm³/mol. The summed E-state index contributed by atoms with van der Waals surface area (Å²) < 4.78 is 5.57. The topological polar surface area (TPSA) is 58.6 Å². The van der Waals surface area contributed by atoms with Crippen molar-refractivity contribution in [3.05, 3.63) is 76.9 Å². The molecule has 0 radical (unpaired) electrons. The molecule has 0 aliphatic carbocycles. The van der Waals surface area contributed by atoms with Crippen LogP contribution < -0.4 is 5.32 Å². The number of aromatic carboxylic acids is 1. The molecule has 1 saturated heterocycles. The average molecular weight is 339 g/mol. The van der Waals surface area contributed by atoms with Crippen molar-refractivity contribution in [1.82, 2.24) is 5.32 Å². The van der Waals surface area contributed by atoms with Crippen molar-refractivity contribution in [1.29, 1.82) is 0 Å². The molecule has 1 fully saturated rings. The van der Waals surface area contributed by atoms with Crippen LogP contribution >= 0.6 is 0 Å². The number of carbonyl (C=O) groups is 1. The molecule has 0 bridgehead atoms. The van der Waals surface area contributed by atoms with E-state index in [0.717, 1.165) is 25.3 Å². The maximum Gasteiger partial charge on any atom is 0.335 e. The number of rotatable bonds is 3. The zero-order chi connectivity index (χ0) is 18.1. The molecular weight excluding hydrogens is 314 g/mol. The maximum atomic E-state index is 10.4. The summed E-state index contributed by atoms with van der Waals surface area (Å²) in [7, 11) is 0. The minimum absolute atomic E-state index is 0.222. The van der Waals surface area contributed by atoms with E-state index >= 15 is 0 Å². The van der Waals surface area contributed by atoms with Gasteiger partial charge in [0.2, 0.25) is 0 Å². The van der Waals surface area contributed by atoms with Crippen LogP contribution in [-0.4, -0.2) is 36.9 Å². The van der Waals surface area contributed by atoms with Crippen LogP contribution in [0.4, 0.5) is 0 Å². The van der Waals surface area contributed by atoms with Gasteiger partial charge >= 0.3 is 5.97 Å². The first-order valence-electron chi connectivity index (χ1n) is 8.42. The third kappa shape index (κ3) is 6.91. The molecule has 2 aromatic rings. The lowest BCUT2D eigenvalue weighted by molar-refractivity contribution is 0.0596. The van der Waals surface area contributed by atoms with Crippen LogP contribution in [0.1, 0.15) is 27.0 Å². The maximum absolute atomic E-state index is 10.4. The van der Waals surface area contributed by atoms with Gasteiger partial charge in [0, 0.05) is 13.1 Å². The summed E-state index contributed by atoms with van der Waals surface area (Å²) in [5.74, 6) is -0.872. The highest BCUT2D eigenvalue weighted by Crippen LogP contribution is 2.07. The highest BCUT2D eigenvalue weighted by molar-refractivity contribution is 5.87. The molecule has 0 saturated carbocycles. The monoisotopic (exact) mass is 339 g/mol. The van der Waals surface area contributed by atoms with Crippen molar-refractivity contribution in [3.8, 4) is 0 Å². The number of benzene rings is 2. The molecule has 25 heavy (non-hydrogen) atoms. The van der Waals surface area contributed by atoms with Crippen molar-refractivity contribution in [2.24, 2.45) is 0 Å². The van der Waals surface area contributed by atoms with Gasteiger partial charge in [0.25, 0.3) is 0 Å². The number of carboxylic acids is 1. The van der Waals surface area contributed by atoms with Gasteiger partial charge in [-0.3, -0.25) is 0 Å². The SMILES string of the molecule is Cc1ccc(C=CC2CNCCO2)cc1.Cc1cccc(C(=O)O)c1. The second kappa shape index (κ2) is 9.77. The average Bonchev–Trinajstić information content (AvgIpc) is 2.63. The van der Waals surface area contributed by atoms with Crippen molar-refractivity contribution in [3.63, 3.8) is 0 Å². The molecule has 1 aliphatic heterocycles. The summed E-state index contributed by atoms with van der Waals surface area (Å²) in [4.78, 5) is 10.4. The number of hydrogen-bond donors (Lipinski definition) is 2. The summed E-state index contributed by atoms with van der Waals surface area (Å²) >= 11 is 0. The Hall–Kier alpha value is -2.43.